The summed E-state index contributed by atoms with van der Waals surface area (Å²) in [6, 6.07) is 15.7. The van der Waals surface area contributed by atoms with Gasteiger partial charge in [0.15, 0.2) is 0 Å². The van der Waals surface area contributed by atoms with Crippen molar-refractivity contribution in [2.45, 2.75) is 12.2 Å². The Kier molecular flexibility index (Phi) is 5.74. The van der Waals surface area contributed by atoms with Gasteiger partial charge in [-0.1, -0.05) is 36.4 Å². The molecule has 0 aliphatic carbocycles. The van der Waals surface area contributed by atoms with E-state index in [1.165, 1.54) is 24.3 Å². The Morgan fingerprint density at radius 2 is 1.82 bits per heavy atom. The summed E-state index contributed by atoms with van der Waals surface area (Å²) < 4.78 is 43.4. The van der Waals surface area contributed by atoms with E-state index in [9.17, 15) is 27.9 Å². The van der Waals surface area contributed by atoms with Crippen LogP contribution >= 0.6 is 0 Å². The van der Waals surface area contributed by atoms with Gasteiger partial charge >= 0.3 is 6.18 Å². The zero-order valence-corrected chi connectivity index (χ0v) is 16.8. The lowest BCUT2D eigenvalue weighted by Gasteiger charge is -2.11. The number of amides is 2. The predicted molar refractivity (Wildman–Crippen MR) is 111 cm³/mol. The van der Waals surface area contributed by atoms with Gasteiger partial charge in [-0.2, -0.15) is 13.2 Å². The summed E-state index contributed by atoms with van der Waals surface area (Å²) in [5.41, 5.74) is -0.474. The van der Waals surface area contributed by atoms with Gasteiger partial charge in [0.25, 0.3) is 11.8 Å². The number of aromatic nitrogens is 1. The number of carbonyl (C=O) groups is 2. The first-order valence-corrected chi connectivity index (χ1v) is 9.64. The summed E-state index contributed by atoms with van der Waals surface area (Å²) in [6.07, 6.45) is -3.86. The Balaban J connectivity index is 1.48. The Bertz CT molecular complexity index is 1230. The van der Waals surface area contributed by atoms with E-state index in [0.29, 0.717) is 11.8 Å². The van der Waals surface area contributed by atoms with Gasteiger partial charge in [0.1, 0.15) is 23.1 Å². The fourth-order valence-electron chi connectivity index (χ4n) is 3.20. The summed E-state index contributed by atoms with van der Waals surface area (Å²) in [4.78, 5) is 28.6. The number of nitrogens with zero attached hydrogens (tertiary/aromatic N) is 1. The topological polar surface area (TPSA) is 101 Å². The number of rotatable bonds is 5. The van der Waals surface area contributed by atoms with Crippen molar-refractivity contribution in [1.82, 2.24) is 10.3 Å². The largest absolute Gasteiger partial charge is 0.509 e. The Morgan fingerprint density at radius 1 is 1.06 bits per heavy atom. The van der Waals surface area contributed by atoms with Crippen LogP contribution in [0.15, 0.2) is 84.3 Å². The summed E-state index contributed by atoms with van der Waals surface area (Å²) >= 11 is 0. The van der Waals surface area contributed by atoms with Gasteiger partial charge in [0.2, 0.25) is 5.88 Å². The van der Waals surface area contributed by atoms with Crippen molar-refractivity contribution in [2.75, 3.05) is 5.32 Å². The van der Waals surface area contributed by atoms with Crippen molar-refractivity contribution in [1.29, 1.82) is 0 Å². The van der Waals surface area contributed by atoms with Crippen LogP contribution in [0.4, 0.5) is 18.9 Å². The Hall–Kier alpha value is -4.34. The quantitative estimate of drug-likeness (QED) is 0.492. The fourth-order valence-corrected chi connectivity index (χ4v) is 3.20. The standard InChI is InChI=1S/C23H16F3N3O4/c24-23(25,26)14-9-10-17(27-12-14)33-16-8-4-7-15(11-16)28-21(31)18-20(30)19(29-22(18)32)13-5-2-1-3-6-13/h1-12,19,30H,(H,28,31)(H,29,32). The van der Waals surface area contributed by atoms with Gasteiger partial charge in [-0.3, -0.25) is 9.59 Å². The number of carbonyl (C=O) groups excluding carboxylic acids is 2. The van der Waals surface area contributed by atoms with Gasteiger partial charge in [0, 0.05) is 24.0 Å². The van der Waals surface area contributed by atoms with Gasteiger partial charge < -0.3 is 20.5 Å². The molecule has 1 aromatic heterocycles. The van der Waals surface area contributed by atoms with Gasteiger partial charge in [-0.25, -0.2) is 4.98 Å². The number of halogens is 3. The van der Waals surface area contributed by atoms with Crippen molar-refractivity contribution in [3.8, 4) is 11.6 Å². The van der Waals surface area contributed by atoms with E-state index in [1.807, 2.05) is 0 Å². The molecular weight excluding hydrogens is 439 g/mol. The molecule has 168 valence electrons. The van der Waals surface area contributed by atoms with Crippen LogP contribution in [0.5, 0.6) is 11.6 Å². The van der Waals surface area contributed by atoms with Crippen LogP contribution < -0.4 is 15.4 Å². The summed E-state index contributed by atoms with van der Waals surface area (Å²) in [5, 5.41) is 15.5. The molecule has 7 nitrogen and oxygen atoms in total. The first-order chi connectivity index (χ1) is 15.7. The number of hydrogen-bond acceptors (Lipinski definition) is 5. The van der Waals surface area contributed by atoms with E-state index in [2.05, 4.69) is 15.6 Å². The molecule has 0 saturated heterocycles. The third-order valence-corrected chi connectivity index (χ3v) is 4.77. The molecular formula is C23H16F3N3O4. The zero-order valence-electron chi connectivity index (χ0n) is 16.8. The van der Waals surface area contributed by atoms with E-state index >= 15 is 0 Å². The average molecular weight is 455 g/mol. The molecule has 1 atom stereocenters. The van der Waals surface area contributed by atoms with Gasteiger partial charge in [-0.05, 0) is 23.8 Å². The molecule has 2 amide bonds. The lowest BCUT2D eigenvalue weighted by Crippen LogP contribution is -2.26. The van der Waals surface area contributed by atoms with Crippen LogP contribution in [0, 0.1) is 0 Å². The molecule has 3 N–H and O–H groups in total. The Morgan fingerprint density at radius 3 is 2.48 bits per heavy atom. The number of hydrogen-bond donors (Lipinski definition) is 3. The minimum Gasteiger partial charge on any atom is -0.509 e. The second-order valence-electron chi connectivity index (χ2n) is 7.04. The molecule has 0 radical (unpaired) electrons. The summed E-state index contributed by atoms with van der Waals surface area (Å²) in [5.74, 6) is -1.83. The van der Waals surface area contributed by atoms with Crippen LogP contribution in [-0.2, 0) is 15.8 Å². The monoisotopic (exact) mass is 455 g/mol. The van der Waals surface area contributed by atoms with Crippen LogP contribution in [0.3, 0.4) is 0 Å². The van der Waals surface area contributed by atoms with E-state index in [0.717, 1.165) is 12.1 Å². The molecule has 1 unspecified atom stereocenters. The van der Waals surface area contributed by atoms with Crippen LogP contribution in [0.25, 0.3) is 0 Å². The number of alkyl halides is 3. The summed E-state index contributed by atoms with van der Waals surface area (Å²) in [7, 11) is 0. The number of ether oxygens (including phenoxy) is 1. The molecule has 0 spiro atoms. The molecule has 1 aliphatic rings. The highest BCUT2D eigenvalue weighted by molar-refractivity contribution is 6.24. The van der Waals surface area contributed by atoms with Crippen molar-refractivity contribution < 1.29 is 32.6 Å². The van der Waals surface area contributed by atoms with Crippen molar-refractivity contribution in [3.63, 3.8) is 0 Å². The first kappa shape index (κ1) is 21.9. The van der Waals surface area contributed by atoms with Crippen molar-refractivity contribution in [3.05, 3.63) is 95.4 Å². The number of nitrogens with one attached hydrogen (secondary N) is 2. The molecule has 3 aromatic rings. The van der Waals surface area contributed by atoms with Gasteiger partial charge in [0.05, 0.1) is 5.56 Å². The highest BCUT2D eigenvalue weighted by atomic mass is 19.4. The van der Waals surface area contributed by atoms with Crippen LogP contribution in [0.2, 0.25) is 0 Å². The zero-order chi connectivity index (χ0) is 23.6. The molecule has 0 saturated carbocycles. The molecule has 2 aromatic carbocycles. The molecule has 4 rings (SSSR count). The van der Waals surface area contributed by atoms with Gasteiger partial charge in [-0.15, -0.1) is 0 Å². The second kappa shape index (κ2) is 8.65. The second-order valence-corrected chi connectivity index (χ2v) is 7.04. The minimum atomic E-state index is -4.51. The summed E-state index contributed by atoms with van der Waals surface area (Å²) in [6.45, 7) is 0. The lowest BCUT2D eigenvalue weighted by molar-refractivity contribution is -0.137. The molecule has 10 heteroatoms. The number of aliphatic hydroxyl groups is 1. The third-order valence-electron chi connectivity index (χ3n) is 4.77. The average Bonchev–Trinajstić information content (AvgIpc) is 3.08. The van der Waals surface area contributed by atoms with Crippen molar-refractivity contribution >= 4 is 17.5 Å². The molecule has 33 heavy (non-hydrogen) atoms. The predicted octanol–water partition coefficient (Wildman–Crippen LogP) is 4.51. The number of pyridine rings is 1. The first-order valence-electron chi connectivity index (χ1n) is 9.64. The molecule has 2 heterocycles. The smallest absolute Gasteiger partial charge is 0.417 e. The van der Waals surface area contributed by atoms with E-state index in [1.54, 1.807) is 30.3 Å². The van der Waals surface area contributed by atoms with Crippen LogP contribution in [-0.4, -0.2) is 21.9 Å². The molecule has 1 aliphatic heterocycles. The van der Waals surface area contributed by atoms with Crippen molar-refractivity contribution in [2.24, 2.45) is 0 Å². The highest BCUT2D eigenvalue weighted by Gasteiger charge is 2.37. The Labute approximate surface area is 185 Å². The SMILES string of the molecule is O=C(Nc1cccc(Oc2ccc(C(F)(F)F)cn2)c1)C1=C(O)C(c2ccccc2)NC1=O. The number of anilines is 1. The maximum absolute atomic E-state index is 12.7. The number of aliphatic hydroxyl groups excluding tert-OH is 1. The molecule has 0 bridgehead atoms. The van der Waals surface area contributed by atoms with Crippen LogP contribution in [0.1, 0.15) is 17.2 Å². The fraction of sp³-hybridized carbons (Fsp3) is 0.0870. The number of benzene rings is 2. The van der Waals surface area contributed by atoms with E-state index < -0.39 is 40.9 Å². The normalized spacial score (nSPS) is 15.8. The lowest BCUT2D eigenvalue weighted by atomic mass is 10.1. The maximum Gasteiger partial charge on any atom is 0.417 e. The maximum atomic E-state index is 12.7. The van der Waals surface area contributed by atoms with E-state index in [4.69, 9.17) is 4.74 Å². The third kappa shape index (κ3) is 4.79. The highest BCUT2D eigenvalue weighted by Crippen LogP contribution is 2.31. The molecule has 0 fully saturated rings. The minimum absolute atomic E-state index is 0.0762. The van der Waals surface area contributed by atoms with E-state index in [-0.39, 0.29) is 17.3 Å².